The van der Waals surface area contributed by atoms with Gasteiger partial charge in [-0.05, 0) is 50.9 Å². The van der Waals surface area contributed by atoms with Gasteiger partial charge >= 0.3 is 0 Å². The van der Waals surface area contributed by atoms with Crippen LogP contribution in [0.2, 0.25) is 0 Å². The first-order valence-corrected chi connectivity index (χ1v) is 10.0. The fourth-order valence-electron chi connectivity index (χ4n) is 3.18. The van der Waals surface area contributed by atoms with E-state index in [1.807, 2.05) is 12.1 Å². The predicted molar refractivity (Wildman–Crippen MR) is 96.6 cm³/mol. The Morgan fingerprint density at radius 1 is 1.29 bits per heavy atom. The Labute approximate surface area is 148 Å². The van der Waals surface area contributed by atoms with Crippen LogP contribution in [0.1, 0.15) is 42.5 Å². The van der Waals surface area contributed by atoms with Gasteiger partial charge in [0.1, 0.15) is 0 Å². The number of likely N-dealkylation sites (tertiary alicyclic amines) is 1. The molecule has 1 N–H and O–H groups in total. The van der Waals surface area contributed by atoms with Gasteiger partial charge in [-0.2, -0.15) is 0 Å². The van der Waals surface area contributed by atoms with Crippen molar-refractivity contribution in [3.63, 3.8) is 0 Å². The van der Waals surface area contributed by atoms with Gasteiger partial charge in [0.2, 0.25) is 0 Å². The van der Waals surface area contributed by atoms with Crippen LogP contribution in [0.4, 0.5) is 0 Å². The van der Waals surface area contributed by atoms with Gasteiger partial charge in [0.25, 0.3) is 5.91 Å². The van der Waals surface area contributed by atoms with E-state index in [1.54, 1.807) is 18.0 Å². The van der Waals surface area contributed by atoms with Crippen LogP contribution in [0.3, 0.4) is 0 Å². The summed E-state index contributed by atoms with van der Waals surface area (Å²) < 4.78 is 5.51. The molecule has 0 spiro atoms. The second-order valence-electron chi connectivity index (χ2n) is 6.48. The highest BCUT2D eigenvalue weighted by atomic mass is 32.2. The second kappa shape index (κ2) is 9.39. The molecule has 5 nitrogen and oxygen atoms in total. The Kier molecular flexibility index (Phi) is 6.93. The summed E-state index contributed by atoms with van der Waals surface area (Å²) >= 11 is 1.76. The van der Waals surface area contributed by atoms with E-state index in [-0.39, 0.29) is 12.0 Å². The molecule has 0 radical (unpaired) electrons. The number of rotatable bonds is 7. The van der Waals surface area contributed by atoms with Gasteiger partial charge in [0.05, 0.1) is 16.7 Å². The molecule has 2 aliphatic heterocycles. The lowest BCUT2D eigenvalue weighted by atomic mass is 10.1. The van der Waals surface area contributed by atoms with E-state index in [9.17, 15) is 4.79 Å². The van der Waals surface area contributed by atoms with E-state index in [1.165, 1.54) is 32.4 Å². The highest BCUT2D eigenvalue weighted by Gasteiger charge is 2.16. The van der Waals surface area contributed by atoms with Gasteiger partial charge in [-0.25, -0.2) is 4.98 Å². The highest BCUT2D eigenvalue weighted by molar-refractivity contribution is 7.99. The largest absolute Gasteiger partial charge is 0.376 e. The van der Waals surface area contributed by atoms with Gasteiger partial charge in [-0.15, -0.1) is 11.8 Å². The van der Waals surface area contributed by atoms with Crippen molar-refractivity contribution in [3.8, 4) is 0 Å². The highest BCUT2D eigenvalue weighted by Crippen LogP contribution is 2.17. The number of thioether (sulfide) groups is 1. The van der Waals surface area contributed by atoms with E-state index in [0.717, 1.165) is 36.8 Å². The number of ether oxygens (including phenoxy) is 1. The minimum absolute atomic E-state index is 0.0668. The van der Waals surface area contributed by atoms with Gasteiger partial charge in [-0.1, -0.05) is 6.42 Å². The van der Waals surface area contributed by atoms with Gasteiger partial charge in [0.15, 0.2) is 0 Å². The fourth-order valence-corrected chi connectivity index (χ4v) is 4.03. The molecule has 2 fully saturated rings. The summed E-state index contributed by atoms with van der Waals surface area (Å²) in [6, 6.07) is 3.81. The molecule has 0 aromatic carbocycles. The van der Waals surface area contributed by atoms with Crippen molar-refractivity contribution >= 4 is 17.7 Å². The Bertz CT molecular complexity index is 512. The second-order valence-corrected chi connectivity index (χ2v) is 7.60. The van der Waals surface area contributed by atoms with Crippen LogP contribution in [-0.2, 0) is 4.74 Å². The van der Waals surface area contributed by atoms with Gasteiger partial charge < -0.3 is 15.0 Å². The molecule has 1 aromatic heterocycles. The average Bonchev–Trinajstić information content (AvgIpc) is 3.15. The normalized spacial score (nSPS) is 21.8. The minimum Gasteiger partial charge on any atom is -0.376 e. The topological polar surface area (TPSA) is 54.5 Å². The first kappa shape index (κ1) is 17.7. The zero-order valence-electron chi connectivity index (χ0n) is 14.2. The smallest absolute Gasteiger partial charge is 0.252 e. The number of pyridine rings is 1. The Morgan fingerprint density at radius 3 is 2.88 bits per heavy atom. The molecule has 1 atom stereocenters. The van der Waals surface area contributed by atoms with Crippen molar-refractivity contribution in [3.05, 3.63) is 23.9 Å². The minimum atomic E-state index is -0.0668. The third kappa shape index (κ3) is 5.46. The summed E-state index contributed by atoms with van der Waals surface area (Å²) in [6.45, 7) is 4.99. The summed E-state index contributed by atoms with van der Waals surface area (Å²) in [5.41, 5.74) is 0.619. The van der Waals surface area contributed by atoms with Crippen molar-refractivity contribution in [1.82, 2.24) is 15.2 Å². The lowest BCUT2D eigenvalue weighted by Gasteiger charge is -2.25. The molecule has 6 heteroatoms. The van der Waals surface area contributed by atoms with E-state index in [2.05, 4.69) is 15.2 Å². The van der Waals surface area contributed by atoms with Crippen LogP contribution in [0, 0.1) is 0 Å². The molecule has 1 unspecified atom stereocenters. The predicted octanol–water partition coefficient (Wildman–Crippen LogP) is 2.57. The SMILES string of the molecule is O=C(NCC1CCCO1)c1ccc(SCCN2CCCCC2)nc1. The molecule has 0 bridgehead atoms. The van der Waals surface area contributed by atoms with Crippen LogP contribution in [0.15, 0.2) is 23.4 Å². The fraction of sp³-hybridized carbons (Fsp3) is 0.667. The number of amides is 1. The molecular weight excluding hydrogens is 322 g/mol. The molecule has 2 saturated heterocycles. The number of carbonyl (C=O) groups excluding carboxylic acids is 1. The van der Waals surface area contributed by atoms with Crippen LogP contribution < -0.4 is 5.32 Å². The standard InChI is InChI=1S/C18H27N3O2S/c22-18(20-14-16-5-4-11-23-16)15-6-7-17(19-13-15)24-12-10-21-8-2-1-3-9-21/h6-7,13,16H,1-5,8-12,14H2,(H,20,22). The molecular formula is C18H27N3O2S. The van der Waals surface area contributed by atoms with E-state index in [4.69, 9.17) is 4.74 Å². The molecule has 1 amide bonds. The Morgan fingerprint density at radius 2 is 2.17 bits per heavy atom. The lowest BCUT2D eigenvalue weighted by Crippen LogP contribution is -2.31. The van der Waals surface area contributed by atoms with Gasteiger partial charge in [-0.3, -0.25) is 4.79 Å². The van der Waals surface area contributed by atoms with Gasteiger partial charge in [0, 0.05) is 31.6 Å². The van der Waals surface area contributed by atoms with Crippen LogP contribution >= 0.6 is 11.8 Å². The number of hydrogen-bond donors (Lipinski definition) is 1. The van der Waals surface area contributed by atoms with E-state index >= 15 is 0 Å². The zero-order valence-corrected chi connectivity index (χ0v) is 15.0. The van der Waals surface area contributed by atoms with Crippen molar-refractivity contribution < 1.29 is 9.53 Å². The van der Waals surface area contributed by atoms with Crippen molar-refractivity contribution in [2.24, 2.45) is 0 Å². The summed E-state index contributed by atoms with van der Waals surface area (Å²) in [5.74, 6) is 0.986. The molecule has 3 heterocycles. The van der Waals surface area contributed by atoms with Crippen LogP contribution in [0.5, 0.6) is 0 Å². The number of nitrogens with zero attached hydrogens (tertiary/aromatic N) is 2. The lowest BCUT2D eigenvalue weighted by molar-refractivity contribution is 0.0857. The summed E-state index contributed by atoms with van der Waals surface area (Å²) in [5, 5.41) is 3.92. The molecule has 24 heavy (non-hydrogen) atoms. The molecule has 0 saturated carbocycles. The van der Waals surface area contributed by atoms with E-state index in [0.29, 0.717) is 12.1 Å². The maximum Gasteiger partial charge on any atom is 0.252 e. The van der Waals surface area contributed by atoms with Crippen molar-refractivity contribution in [2.45, 2.75) is 43.2 Å². The quantitative estimate of drug-likeness (QED) is 0.767. The number of hydrogen-bond acceptors (Lipinski definition) is 5. The maximum absolute atomic E-state index is 12.1. The Hall–Kier alpha value is -1.11. The molecule has 3 rings (SSSR count). The number of carbonyl (C=O) groups is 1. The number of aromatic nitrogens is 1. The van der Waals surface area contributed by atoms with E-state index < -0.39 is 0 Å². The third-order valence-corrected chi connectivity index (χ3v) is 5.54. The summed E-state index contributed by atoms with van der Waals surface area (Å²) in [7, 11) is 0. The van der Waals surface area contributed by atoms with Crippen LogP contribution in [-0.4, -0.2) is 60.4 Å². The number of nitrogens with one attached hydrogen (secondary N) is 1. The molecule has 2 aliphatic rings. The molecule has 0 aliphatic carbocycles. The first-order chi connectivity index (χ1) is 11.8. The van der Waals surface area contributed by atoms with Crippen LogP contribution in [0.25, 0.3) is 0 Å². The Balaban J connectivity index is 1.38. The first-order valence-electron chi connectivity index (χ1n) is 9.02. The number of piperidine rings is 1. The molecule has 132 valence electrons. The molecule has 1 aromatic rings. The zero-order chi connectivity index (χ0) is 16.6. The monoisotopic (exact) mass is 349 g/mol. The summed E-state index contributed by atoms with van der Waals surface area (Å²) in [6.07, 6.45) is 8.01. The maximum atomic E-state index is 12.1. The van der Waals surface area contributed by atoms with Crippen molar-refractivity contribution in [1.29, 1.82) is 0 Å². The third-order valence-electron chi connectivity index (χ3n) is 4.62. The van der Waals surface area contributed by atoms with Crippen molar-refractivity contribution in [2.75, 3.05) is 38.5 Å². The summed E-state index contributed by atoms with van der Waals surface area (Å²) in [4.78, 5) is 19.1. The average molecular weight is 350 g/mol.